The third kappa shape index (κ3) is 5.31. The molecule has 0 radical (unpaired) electrons. The molecule has 0 aromatic carbocycles. The van der Waals surface area contributed by atoms with Crippen molar-refractivity contribution in [1.82, 2.24) is 0 Å². The topological polar surface area (TPSA) is 18.5 Å². The van der Waals surface area contributed by atoms with Crippen LogP contribution >= 0.6 is 17.1 Å². The lowest BCUT2D eigenvalue weighted by atomic mass is 10.9. The van der Waals surface area contributed by atoms with E-state index in [4.69, 9.17) is 24.9 Å². The molecule has 0 saturated heterocycles. The van der Waals surface area contributed by atoms with Crippen molar-refractivity contribution in [1.29, 1.82) is 0 Å². The lowest BCUT2D eigenvalue weighted by Crippen LogP contribution is -1.88. The van der Waals surface area contributed by atoms with Crippen molar-refractivity contribution in [2.45, 2.75) is 13.7 Å². The summed E-state index contributed by atoms with van der Waals surface area (Å²) < 4.78 is 78.1. The van der Waals surface area contributed by atoms with Crippen LogP contribution < -0.4 is 0 Å². The quantitative estimate of drug-likeness (QED) is 0.647. The van der Waals surface area contributed by atoms with Gasteiger partial charge in [-0.1, -0.05) is 0 Å². The van der Waals surface area contributed by atoms with Gasteiger partial charge >= 0.3 is 0 Å². The molecule has 0 rings (SSSR count). The first-order valence-electron chi connectivity index (χ1n) is 6.63. The van der Waals surface area contributed by atoms with E-state index in [1.54, 1.807) is 0 Å². The van der Waals surface area contributed by atoms with Crippen LogP contribution in [0.3, 0.4) is 0 Å². The van der Waals surface area contributed by atoms with Gasteiger partial charge in [-0.2, -0.15) is 0 Å². The fourth-order valence-corrected chi connectivity index (χ4v) is 0.814. The predicted molar refractivity (Wildman–Crippen MR) is 43.4 cm³/mol. The summed E-state index contributed by atoms with van der Waals surface area (Å²) >= 11 is 9.85. The normalized spacial score (nSPS) is 34.3. The van der Waals surface area contributed by atoms with Crippen molar-refractivity contribution in [3.63, 3.8) is 0 Å². The fraction of sp³-hybridized carbons (Fsp3) is 1.00. The Labute approximate surface area is 79.5 Å². The molecular formula is C4H10ClO2PS. The minimum Gasteiger partial charge on any atom is -0.318 e. The molecule has 0 spiro atoms. The summed E-state index contributed by atoms with van der Waals surface area (Å²) in [7, 11) is 0. The zero-order valence-electron chi connectivity index (χ0n) is 14.0. The van der Waals surface area contributed by atoms with E-state index in [1.165, 1.54) is 0 Å². The van der Waals surface area contributed by atoms with Crippen molar-refractivity contribution in [3.05, 3.63) is 0 Å². The molecule has 0 aliphatic carbocycles. The Morgan fingerprint density at radius 2 is 2.11 bits per heavy atom. The SMILES string of the molecule is [2H]C([2H])([2H])C([2H])([2H])OP(=S)(Cl)OC([2H])([2H])C([2H])([2H])[2H]. The van der Waals surface area contributed by atoms with Crippen molar-refractivity contribution in [2.24, 2.45) is 0 Å². The molecule has 5 heteroatoms. The molecule has 0 fully saturated rings. The molecule has 0 aliphatic heterocycles. The molecule has 0 aromatic heterocycles. The third-order valence-electron chi connectivity index (χ3n) is 0.309. The summed E-state index contributed by atoms with van der Waals surface area (Å²) in [4.78, 5) is 0. The molecule has 0 bridgehead atoms. The first-order valence-corrected chi connectivity index (χ1v) is 5.17. The number of hydrogen-bond acceptors (Lipinski definition) is 3. The number of hydrogen-bond donors (Lipinski definition) is 0. The summed E-state index contributed by atoms with van der Waals surface area (Å²) in [5.41, 5.74) is 0. The average Bonchev–Trinajstić information content (AvgIpc) is 1.93. The lowest BCUT2D eigenvalue weighted by Gasteiger charge is -2.11. The van der Waals surface area contributed by atoms with Gasteiger partial charge in [0.2, 0.25) is 0 Å². The second kappa shape index (κ2) is 4.64. The molecule has 0 amide bonds. The van der Waals surface area contributed by atoms with Gasteiger partial charge in [-0.05, 0) is 36.8 Å². The second-order valence-electron chi connectivity index (χ2n) is 0.817. The van der Waals surface area contributed by atoms with E-state index in [0.29, 0.717) is 0 Å². The van der Waals surface area contributed by atoms with Gasteiger partial charge in [0.1, 0.15) is 0 Å². The van der Waals surface area contributed by atoms with Crippen LogP contribution in [0.5, 0.6) is 0 Å². The van der Waals surface area contributed by atoms with Gasteiger partial charge in [-0.3, -0.25) is 0 Å². The molecule has 0 atom stereocenters. The molecule has 0 aliphatic rings. The highest BCUT2D eigenvalue weighted by atomic mass is 35.7. The first-order chi connectivity index (χ1) is 7.91. The van der Waals surface area contributed by atoms with E-state index in [9.17, 15) is 0 Å². The molecule has 0 N–H and O–H groups in total. The highest BCUT2D eigenvalue weighted by molar-refractivity contribution is 8.22. The van der Waals surface area contributed by atoms with Gasteiger partial charge in [0.05, 0.1) is 18.6 Å². The van der Waals surface area contributed by atoms with Crippen LogP contribution in [-0.4, -0.2) is 13.1 Å². The van der Waals surface area contributed by atoms with Crippen LogP contribution in [0.15, 0.2) is 0 Å². The monoisotopic (exact) mass is 198 g/mol. The van der Waals surface area contributed by atoms with Crippen molar-refractivity contribution in [3.8, 4) is 0 Å². The zero-order chi connectivity index (χ0) is 15.9. The predicted octanol–water partition coefficient (Wildman–Crippen LogP) is 2.52. The van der Waals surface area contributed by atoms with Gasteiger partial charge in [-0.25, -0.2) is 0 Å². The van der Waals surface area contributed by atoms with E-state index >= 15 is 0 Å². The van der Waals surface area contributed by atoms with E-state index in [-0.39, 0.29) is 0 Å². The van der Waals surface area contributed by atoms with Crippen molar-refractivity contribution >= 4 is 28.9 Å². The van der Waals surface area contributed by atoms with E-state index in [2.05, 4.69) is 20.9 Å². The van der Waals surface area contributed by atoms with Crippen LogP contribution in [0.4, 0.5) is 0 Å². The number of halogens is 1. The van der Waals surface area contributed by atoms with Gasteiger partial charge in [-0.15, -0.1) is 0 Å². The van der Waals surface area contributed by atoms with Crippen LogP contribution in [0.2, 0.25) is 0 Å². The summed E-state index contributed by atoms with van der Waals surface area (Å²) in [6.07, 6.45) is 0. The third-order valence-corrected chi connectivity index (χ3v) is 1.79. The molecule has 9 heavy (non-hydrogen) atoms. The van der Waals surface area contributed by atoms with Crippen LogP contribution in [0.1, 0.15) is 27.4 Å². The van der Waals surface area contributed by atoms with Gasteiger partial charge in [0.25, 0.3) is 5.84 Å². The molecule has 0 heterocycles. The Hall–Kier alpha value is 0.860. The molecule has 0 saturated carbocycles. The lowest BCUT2D eigenvalue weighted by molar-refractivity contribution is 0.279. The van der Waals surface area contributed by atoms with Crippen LogP contribution in [0, 0.1) is 0 Å². The Bertz CT molecular complexity index is 345. The van der Waals surface area contributed by atoms with E-state index in [0.717, 1.165) is 0 Å². The maximum absolute atomic E-state index is 7.11. The van der Waals surface area contributed by atoms with Gasteiger partial charge in [0.15, 0.2) is 0 Å². The summed E-state index contributed by atoms with van der Waals surface area (Å²) in [6.45, 7) is -13.1. The molecule has 2 nitrogen and oxygen atoms in total. The average molecular weight is 199 g/mol. The molecule has 0 unspecified atom stereocenters. The minimum absolute atomic E-state index is 3.25. The Morgan fingerprint density at radius 1 is 1.67 bits per heavy atom. The second-order valence-corrected chi connectivity index (χ2v) is 5.42. The smallest absolute Gasteiger partial charge is 0.281 e. The summed E-state index contributed by atoms with van der Waals surface area (Å²) in [6, 6.07) is 0. The molecular weight excluding hydrogens is 179 g/mol. The Morgan fingerprint density at radius 3 is 2.44 bits per heavy atom. The highest BCUT2D eigenvalue weighted by Gasteiger charge is 2.11. The van der Waals surface area contributed by atoms with Gasteiger partial charge < -0.3 is 9.05 Å². The standard InChI is InChI=1S/C4H10ClO2PS/c1-3-6-8(5,9)7-4-2/h3-4H2,1-2H3/i1D3,2D3,3D2,4D2. The summed E-state index contributed by atoms with van der Waals surface area (Å²) in [5, 5.41) is 0. The maximum atomic E-state index is 7.11. The Balaban J connectivity index is 5.10. The van der Waals surface area contributed by atoms with Crippen LogP contribution in [0.25, 0.3) is 0 Å². The first kappa shape index (κ1) is 2.18. The van der Waals surface area contributed by atoms with E-state index < -0.39 is 32.7 Å². The highest BCUT2D eigenvalue weighted by Crippen LogP contribution is 2.53. The largest absolute Gasteiger partial charge is 0.318 e. The van der Waals surface area contributed by atoms with Crippen LogP contribution in [-0.2, 0) is 20.9 Å². The number of rotatable bonds is 4. The van der Waals surface area contributed by atoms with Gasteiger partial charge in [0, 0.05) is 8.22 Å². The minimum atomic E-state index is -4.29. The van der Waals surface area contributed by atoms with Crippen molar-refractivity contribution < 1.29 is 22.8 Å². The Kier molecular flexibility index (Phi) is 1.12. The fourth-order valence-electron chi connectivity index (χ4n) is 0.128. The van der Waals surface area contributed by atoms with E-state index in [1.807, 2.05) is 0 Å². The molecule has 56 valence electrons. The zero-order valence-corrected chi connectivity index (χ0v) is 6.52. The molecule has 0 aromatic rings. The van der Waals surface area contributed by atoms with Crippen molar-refractivity contribution in [2.75, 3.05) is 13.1 Å². The summed E-state index contributed by atoms with van der Waals surface area (Å²) in [5.74, 6) is -4.29. The maximum Gasteiger partial charge on any atom is 0.281 e.